The first kappa shape index (κ1) is 15.7. The van der Waals surface area contributed by atoms with Crippen molar-refractivity contribution in [3.8, 4) is 0 Å². The molecule has 0 spiro atoms. The van der Waals surface area contributed by atoms with E-state index in [4.69, 9.17) is 14.2 Å². The topological polar surface area (TPSA) is 56.8 Å². The molecule has 0 saturated carbocycles. The van der Waals surface area contributed by atoms with Crippen molar-refractivity contribution >= 4 is 5.97 Å². The summed E-state index contributed by atoms with van der Waals surface area (Å²) in [5.41, 5.74) is 0. The first-order valence-corrected chi connectivity index (χ1v) is 7.76. The van der Waals surface area contributed by atoms with Crippen LogP contribution in [0.1, 0.15) is 38.5 Å². The van der Waals surface area contributed by atoms with Crippen molar-refractivity contribution in [2.24, 2.45) is 5.92 Å². The molecule has 2 heterocycles. The number of nitrogens with one attached hydrogen (secondary N) is 1. The lowest BCUT2D eigenvalue weighted by molar-refractivity contribution is -0.146. The number of carbonyl (C=O) groups excluding carboxylic acids is 1. The van der Waals surface area contributed by atoms with Gasteiger partial charge in [0.25, 0.3) is 0 Å². The summed E-state index contributed by atoms with van der Waals surface area (Å²) in [6, 6.07) is 1.27. The Morgan fingerprint density at radius 3 is 2.55 bits per heavy atom. The van der Waals surface area contributed by atoms with Crippen molar-refractivity contribution in [1.29, 1.82) is 0 Å². The molecule has 5 heteroatoms. The molecule has 0 aliphatic carbocycles. The zero-order valence-corrected chi connectivity index (χ0v) is 12.4. The van der Waals surface area contributed by atoms with Crippen molar-refractivity contribution in [1.82, 2.24) is 5.32 Å². The number of hydrogen-bond donors (Lipinski definition) is 1. The minimum atomic E-state index is -0.0724. The summed E-state index contributed by atoms with van der Waals surface area (Å²) < 4.78 is 15.5. The average molecular weight is 285 g/mol. The van der Waals surface area contributed by atoms with E-state index in [9.17, 15) is 4.79 Å². The van der Waals surface area contributed by atoms with Crippen LogP contribution in [0.4, 0.5) is 0 Å². The SMILES string of the molecule is COCCCOCCOC(=O)CC1CC2CCC(C1)N2. The predicted octanol–water partition coefficient (Wildman–Crippen LogP) is 1.50. The standard InChI is InChI=1S/C15H27NO4/c1-18-5-2-6-19-7-8-20-15(17)11-12-9-13-3-4-14(10-12)16-13/h12-14,16H,2-11H2,1H3. The molecule has 2 saturated heterocycles. The Kier molecular flexibility index (Phi) is 6.76. The highest BCUT2D eigenvalue weighted by Gasteiger charge is 2.34. The van der Waals surface area contributed by atoms with Gasteiger partial charge in [0.2, 0.25) is 0 Å². The molecule has 0 aromatic heterocycles. The maximum atomic E-state index is 11.8. The summed E-state index contributed by atoms with van der Waals surface area (Å²) in [6.07, 6.45) is 6.23. The zero-order chi connectivity index (χ0) is 14.2. The van der Waals surface area contributed by atoms with E-state index in [1.165, 1.54) is 12.8 Å². The molecule has 2 rings (SSSR count). The monoisotopic (exact) mass is 285 g/mol. The van der Waals surface area contributed by atoms with Crippen LogP contribution in [0.15, 0.2) is 0 Å². The number of esters is 1. The number of fused-ring (bicyclic) bond motifs is 2. The highest BCUT2D eigenvalue weighted by Crippen LogP contribution is 2.32. The van der Waals surface area contributed by atoms with Gasteiger partial charge in [0.15, 0.2) is 0 Å². The smallest absolute Gasteiger partial charge is 0.306 e. The lowest BCUT2D eigenvalue weighted by atomic mass is 9.90. The molecule has 2 atom stereocenters. The Balaban J connectivity index is 1.48. The average Bonchev–Trinajstić information content (AvgIpc) is 2.77. The molecule has 2 bridgehead atoms. The molecule has 0 radical (unpaired) electrons. The Morgan fingerprint density at radius 2 is 1.85 bits per heavy atom. The zero-order valence-electron chi connectivity index (χ0n) is 12.4. The Labute approximate surface area is 121 Å². The van der Waals surface area contributed by atoms with Crippen LogP contribution in [0, 0.1) is 5.92 Å². The van der Waals surface area contributed by atoms with Crippen molar-refractivity contribution in [3.63, 3.8) is 0 Å². The minimum Gasteiger partial charge on any atom is -0.463 e. The fraction of sp³-hybridized carbons (Fsp3) is 0.933. The van der Waals surface area contributed by atoms with Gasteiger partial charge < -0.3 is 19.5 Å². The molecular weight excluding hydrogens is 258 g/mol. The summed E-state index contributed by atoms with van der Waals surface area (Å²) in [6.45, 7) is 2.21. The Hall–Kier alpha value is -0.650. The molecule has 0 amide bonds. The third kappa shape index (κ3) is 5.38. The van der Waals surface area contributed by atoms with Crippen molar-refractivity contribution in [3.05, 3.63) is 0 Å². The van der Waals surface area contributed by atoms with Crippen molar-refractivity contribution < 1.29 is 19.0 Å². The third-order valence-electron chi connectivity index (χ3n) is 4.15. The van der Waals surface area contributed by atoms with Gasteiger partial charge in [-0.1, -0.05) is 0 Å². The Morgan fingerprint density at radius 1 is 1.10 bits per heavy atom. The van der Waals surface area contributed by atoms with Crippen LogP contribution in [0.25, 0.3) is 0 Å². The third-order valence-corrected chi connectivity index (χ3v) is 4.15. The molecule has 116 valence electrons. The first-order valence-electron chi connectivity index (χ1n) is 7.76. The van der Waals surface area contributed by atoms with Crippen LogP contribution in [-0.2, 0) is 19.0 Å². The van der Waals surface area contributed by atoms with Crippen LogP contribution >= 0.6 is 0 Å². The van der Waals surface area contributed by atoms with E-state index in [1.54, 1.807) is 7.11 Å². The van der Waals surface area contributed by atoms with Crippen LogP contribution in [-0.4, -0.2) is 51.6 Å². The largest absolute Gasteiger partial charge is 0.463 e. The van der Waals surface area contributed by atoms with Gasteiger partial charge in [0.1, 0.15) is 6.61 Å². The molecule has 0 aromatic rings. The molecule has 2 unspecified atom stereocenters. The second-order valence-corrected chi connectivity index (χ2v) is 5.86. The van der Waals surface area contributed by atoms with Gasteiger partial charge in [-0.05, 0) is 38.0 Å². The maximum Gasteiger partial charge on any atom is 0.306 e. The van der Waals surface area contributed by atoms with E-state index >= 15 is 0 Å². The van der Waals surface area contributed by atoms with Gasteiger partial charge in [-0.25, -0.2) is 0 Å². The molecule has 2 aliphatic rings. The van der Waals surface area contributed by atoms with E-state index < -0.39 is 0 Å². The van der Waals surface area contributed by atoms with Gasteiger partial charge in [-0.3, -0.25) is 4.79 Å². The van der Waals surface area contributed by atoms with Gasteiger partial charge in [-0.2, -0.15) is 0 Å². The quantitative estimate of drug-likeness (QED) is 0.514. The van der Waals surface area contributed by atoms with Gasteiger partial charge in [0.05, 0.1) is 6.61 Å². The molecule has 5 nitrogen and oxygen atoms in total. The van der Waals surface area contributed by atoms with Crippen LogP contribution in [0.3, 0.4) is 0 Å². The maximum absolute atomic E-state index is 11.8. The number of rotatable bonds is 9. The van der Waals surface area contributed by atoms with Crippen LogP contribution in [0.2, 0.25) is 0 Å². The summed E-state index contributed by atoms with van der Waals surface area (Å²) in [4.78, 5) is 11.8. The van der Waals surface area contributed by atoms with E-state index in [2.05, 4.69) is 5.32 Å². The number of piperidine rings is 1. The first-order chi connectivity index (χ1) is 9.78. The fourth-order valence-electron chi connectivity index (χ4n) is 3.26. The van der Waals surface area contributed by atoms with Crippen molar-refractivity contribution in [2.75, 3.05) is 33.5 Å². The van der Waals surface area contributed by atoms with E-state index in [0.29, 0.717) is 50.8 Å². The van der Waals surface area contributed by atoms with Gasteiger partial charge in [0, 0.05) is 38.8 Å². The molecule has 2 fully saturated rings. The summed E-state index contributed by atoms with van der Waals surface area (Å²) in [5.74, 6) is 0.431. The molecular formula is C15H27NO4. The van der Waals surface area contributed by atoms with E-state index in [1.807, 2.05) is 0 Å². The second kappa shape index (κ2) is 8.60. The lowest BCUT2D eigenvalue weighted by Gasteiger charge is -2.28. The summed E-state index contributed by atoms with van der Waals surface area (Å²) in [7, 11) is 1.68. The Bertz CT molecular complexity index is 286. The lowest BCUT2D eigenvalue weighted by Crippen LogP contribution is -2.38. The van der Waals surface area contributed by atoms with E-state index in [0.717, 1.165) is 19.3 Å². The number of hydrogen-bond acceptors (Lipinski definition) is 5. The van der Waals surface area contributed by atoms with Crippen LogP contribution in [0.5, 0.6) is 0 Å². The fourth-order valence-corrected chi connectivity index (χ4v) is 3.26. The van der Waals surface area contributed by atoms with Gasteiger partial charge in [-0.15, -0.1) is 0 Å². The van der Waals surface area contributed by atoms with Gasteiger partial charge >= 0.3 is 5.97 Å². The molecule has 2 aliphatic heterocycles. The summed E-state index contributed by atoms with van der Waals surface area (Å²) >= 11 is 0. The van der Waals surface area contributed by atoms with Crippen molar-refractivity contribution in [2.45, 2.75) is 50.6 Å². The number of methoxy groups -OCH3 is 1. The second-order valence-electron chi connectivity index (χ2n) is 5.86. The predicted molar refractivity (Wildman–Crippen MR) is 75.6 cm³/mol. The number of carbonyl (C=O) groups is 1. The highest BCUT2D eigenvalue weighted by molar-refractivity contribution is 5.69. The number of ether oxygens (including phenoxy) is 3. The normalized spacial score (nSPS) is 28.6. The molecule has 20 heavy (non-hydrogen) atoms. The van der Waals surface area contributed by atoms with E-state index in [-0.39, 0.29) is 5.97 Å². The molecule has 0 aromatic carbocycles. The molecule has 1 N–H and O–H groups in total. The minimum absolute atomic E-state index is 0.0724. The summed E-state index contributed by atoms with van der Waals surface area (Å²) in [5, 5.41) is 3.59. The van der Waals surface area contributed by atoms with Crippen LogP contribution < -0.4 is 5.32 Å². The highest BCUT2D eigenvalue weighted by atomic mass is 16.6.